The van der Waals surface area contributed by atoms with Crippen molar-refractivity contribution in [1.82, 2.24) is 0 Å². The number of alkyl halides is 6. The fourth-order valence-electron chi connectivity index (χ4n) is 2.00. The van der Waals surface area contributed by atoms with E-state index in [4.69, 9.17) is 9.84 Å². The lowest BCUT2D eigenvalue weighted by Crippen LogP contribution is -2.31. The number of nitrogens with one attached hydrogen (secondary N) is 1. The highest BCUT2D eigenvalue weighted by Gasteiger charge is 2.48. The summed E-state index contributed by atoms with van der Waals surface area (Å²) in [6.07, 6.45) is -5.24. The Labute approximate surface area is 153 Å². The molecule has 28 heavy (non-hydrogen) atoms. The number of halogens is 6. The second-order valence-electron chi connectivity index (χ2n) is 5.13. The Hall–Kier alpha value is -2.96. The van der Waals surface area contributed by atoms with Gasteiger partial charge in [0.1, 0.15) is 17.0 Å². The van der Waals surface area contributed by atoms with Gasteiger partial charge in [0.25, 0.3) is 0 Å². The Balaban J connectivity index is 2.65. The van der Waals surface area contributed by atoms with Crippen LogP contribution in [0.2, 0.25) is 0 Å². The predicted octanol–water partition coefficient (Wildman–Crippen LogP) is 4.46. The van der Waals surface area contributed by atoms with Crippen molar-refractivity contribution in [1.29, 1.82) is 0 Å². The van der Waals surface area contributed by atoms with E-state index in [1.807, 2.05) is 0 Å². The number of anilines is 1. The fourth-order valence-corrected chi connectivity index (χ4v) is 2.60. The van der Waals surface area contributed by atoms with E-state index in [9.17, 15) is 39.6 Å². The van der Waals surface area contributed by atoms with Gasteiger partial charge in [0, 0.05) is 0 Å². The van der Waals surface area contributed by atoms with Crippen molar-refractivity contribution in [2.75, 3.05) is 4.72 Å². The maximum Gasteiger partial charge on any atom is 0.516 e. The molecule has 0 heterocycles. The highest BCUT2D eigenvalue weighted by atomic mass is 32.2. The Morgan fingerprint density at radius 2 is 1.50 bits per heavy atom. The van der Waals surface area contributed by atoms with Gasteiger partial charge in [-0.15, -0.1) is 0 Å². The third-order valence-electron chi connectivity index (χ3n) is 3.21. The molecule has 0 aliphatic heterocycles. The van der Waals surface area contributed by atoms with Crippen LogP contribution in [0, 0.1) is 0 Å². The number of sulfonamides is 1. The first-order valence-corrected chi connectivity index (χ1v) is 8.52. The summed E-state index contributed by atoms with van der Waals surface area (Å²) in [5.74, 6) is -3.02. The highest BCUT2D eigenvalue weighted by Crippen LogP contribution is 2.43. The summed E-state index contributed by atoms with van der Waals surface area (Å²) in [7, 11) is -6.22. The minimum atomic E-state index is -6.22. The van der Waals surface area contributed by atoms with Gasteiger partial charge in [-0.05, 0) is 24.3 Å². The van der Waals surface area contributed by atoms with Gasteiger partial charge < -0.3 is 9.84 Å². The molecule has 0 spiro atoms. The Morgan fingerprint density at radius 1 is 0.929 bits per heavy atom. The molecule has 0 aromatic heterocycles. The first-order valence-electron chi connectivity index (χ1n) is 7.03. The number of carboxylic acids is 1. The molecule has 0 amide bonds. The van der Waals surface area contributed by atoms with Crippen LogP contribution in [0.4, 0.5) is 32.0 Å². The molecule has 0 aliphatic rings. The Bertz CT molecular complexity index is 1000. The van der Waals surface area contributed by atoms with Crippen LogP contribution in [0.25, 0.3) is 0 Å². The molecule has 0 aliphatic carbocycles. The van der Waals surface area contributed by atoms with Crippen LogP contribution < -0.4 is 9.46 Å². The monoisotopic (exact) mass is 429 g/mol. The molecule has 0 unspecified atom stereocenters. The predicted molar refractivity (Wildman–Crippen MR) is 83.5 cm³/mol. The van der Waals surface area contributed by atoms with Crippen molar-refractivity contribution in [2.24, 2.45) is 0 Å². The molecule has 2 N–H and O–H groups in total. The molecule has 0 radical (unpaired) electrons. The van der Waals surface area contributed by atoms with E-state index >= 15 is 0 Å². The zero-order valence-corrected chi connectivity index (χ0v) is 14.1. The van der Waals surface area contributed by atoms with Gasteiger partial charge in [0.15, 0.2) is 5.75 Å². The maximum absolute atomic E-state index is 13.2. The van der Waals surface area contributed by atoms with E-state index in [1.165, 1.54) is 12.1 Å². The number of rotatable bonds is 5. The van der Waals surface area contributed by atoms with Crippen LogP contribution in [0.3, 0.4) is 0 Å². The number of hydrogen-bond acceptors (Lipinski definition) is 4. The van der Waals surface area contributed by atoms with Crippen LogP contribution in [0.1, 0.15) is 15.9 Å². The smallest absolute Gasteiger partial charge is 0.478 e. The number of ether oxygens (including phenoxy) is 1. The zero-order valence-electron chi connectivity index (χ0n) is 13.3. The van der Waals surface area contributed by atoms with Crippen LogP contribution in [-0.2, 0) is 16.2 Å². The number of hydrogen-bond donors (Lipinski definition) is 2. The summed E-state index contributed by atoms with van der Waals surface area (Å²) in [6, 6.07) is 6.44. The lowest BCUT2D eigenvalue weighted by Gasteiger charge is -2.19. The van der Waals surface area contributed by atoms with Crippen LogP contribution in [0.15, 0.2) is 42.5 Å². The number of carbonyl (C=O) groups is 1. The molecule has 0 saturated carbocycles. The fraction of sp³-hybridized carbons (Fsp3) is 0.133. The molecule has 13 heteroatoms. The molecule has 6 nitrogen and oxygen atoms in total. The van der Waals surface area contributed by atoms with Crippen molar-refractivity contribution < 1.29 is 49.4 Å². The van der Waals surface area contributed by atoms with Crippen LogP contribution >= 0.6 is 0 Å². The van der Waals surface area contributed by atoms with Gasteiger partial charge in [-0.3, -0.25) is 4.72 Å². The number of carboxylic acid groups (broad SMARTS) is 1. The second-order valence-corrected chi connectivity index (χ2v) is 6.80. The van der Waals surface area contributed by atoms with Gasteiger partial charge in [-0.2, -0.15) is 34.8 Å². The number of aromatic carboxylic acids is 1. The molecule has 152 valence electrons. The zero-order chi connectivity index (χ0) is 21.3. The van der Waals surface area contributed by atoms with Gasteiger partial charge in [-0.1, -0.05) is 18.2 Å². The van der Waals surface area contributed by atoms with Crippen LogP contribution in [0.5, 0.6) is 11.5 Å². The molecular weight excluding hydrogens is 420 g/mol. The third kappa shape index (κ3) is 4.47. The summed E-state index contributed by atoms with van der Waals surface area (Å²) < 4.78 is 106. The minimum Gasteiger partial charge on any atom is -0.478 e. The summed E-state index contributed by atoms with van der Waals surface area (Å²) in [4.78, 5) is 11.2. The molecule has 0 saturated heterocycles. The van der Waals surface area contributed by atoms with Crippen molar-refractivity contribution in [3.8, 4) is 11.5 Å². The SMILES string of the molecule is O=C(O)c1ccccc1Oc1cccc(C(F)(F)F)c1NS(=O)(=O)C(F)(F)F. The quantitative estimate of drug-likeness (QED) is 0.685. The van der Waals surface area contributed by atoms with Crippen molar-refractivity contribution in [3.05, 3.63) is 53.6 Å². The largest absolute Gasteiger partial charge is 0.516 e. The van der Waals surface area contributed by atoms with E-state index in [0.717, 1.165) is 29.0 Å². The lowest BCUT2D eigenvalue weighted by atomic mass is 10.1. The molecule has 0 bridgehead atoms. The van der Waals surface area contributed by atoms with E-state index in [1.54, 1.807) is 0 Å². The van der Waals surface area contributed by atoms with Crippen molar-refractivity contribution in [2.45, 2.75) is 11.7 Å². The molecule has 2 rings (SSSR count). The minimum absolute atomic E-state index is 0.337. The van der Waals surface area contributed by atoms with Gasteiger partial charge in [0.2, 0.25) is 0 Å². The molecule has 2 aromatic carbocycles. The van der Waals surface area contributed by atoms with Crippen molar-refractivity contribution >= 4 is 21.7 Å². The first-order chi connectivity index (χ1) is 12.7. The van der Waals surface area contributed by atoms with Gasteiger partial charge >= 0.3 is 27.7 Å². The second kappa shape index (κ2) is 7.22. The number of para-hydroxylation sites is 2. The highest BCUT2D eigenvalue weighted by molar-refractivity contribution is 7.93. The van der Waals surface area contributed by atoms with Crippen LogP contribution in [-0.4, -0.2) is 25.0 Å². The molecule has 0 fully saturated rings. The summed E-state index contributed by atoms with van der Waals surface area (Å²) in [5, 5.41) is 9.07. The molecule has 2 aromatic rings. The maximum atomic E-state index is 13.2. The first kappa shape index (κ1) is 21.3. The normalized spacial score (nSPS) is 12.5. The Morgan fingerprint density at radius 3 is 2.04 bits per heavy atom. The Kier molecular flexibility index (Phi) is 5.50. The molecular formula is C15H9F6NO5S. The standard InChI is InChI=1S/C15H9F6NO5S/c16-14(17,18)9-5-3-7-11(12(9)22-28(25,26)15(19,20)21)27-10-6-2-1-4-8(10)13(23)24/h1-7,22H,(H,23,24). The van der Waals surface area contributed by atoms with Gasteiger partial charge in [-0.25, -0.2) is 4.79 Å². The van der Waals surface area contributed by atoms with E-state index in [-0.39, 0.29) is 0 Å². The summed E-state index contributed by atoms with van der Waals surface area (Å²) >= 11 is 0. The average molecular weight is 429 g/mol. The van der Waals surface area contributed by atoms with E-state index < -0.39 is 56.0 Å². The summed E-state index contributed by atoms with van der Waals surface area (Å²) in [5.41, 5.74) is -9.70. The van der Waals surface area contributed by atoms with E-state index in [0.29, 0.717) is 6.07 Å². The molecule has 0 atom stereocenters. The topological polar surface area (TPSA) is 92.7 Å². The number of benzene rings is 2. The lowest BCUT2D eigenvalue weighted by molar-refractivity contribution is -0.137. The van der Waals surface area contributed by atoms with Crippen molar-refractivity contribution in [3.63, 3.8) is 0 Å². The third-order valence-corrected chi connectivity index (χ3v) is 4.29. The summed E-state index contributed by atoms with van der Waals surface area (Å²) in [6.45, 7) is 0. The van der Waals surface area contributed by atoms with E-state index in [2.05, 4.69) is 0 Å². The van der Waals surface area contributed by atoms with Gasteiger partial charge in [0.05, 0.1) is 5.56 Å². The average Bonchev–Trinajstić information content (AvgIpc) is 2.54.